The fraction of sp³-hybridized carbons (Fsp3) is 0.889. The molecule has 2 aliphatic heterocycles. The molecule has 0 aromatic heterocycles. The molecular weight excluding hydrogens is 138 g/mol. The summed E-state index contributed by atoms with van der Waals surface area (Å²) in [6.45, 7) is 5.08. The second kappa shape index (κ2) is 2.31. The Morgan fingerprint density at radius 1 is 1.55 bits per heavy atom. The first-order chi connectivity index (χ1) is 5.20. The van der Waals surface area contributed by atoms with Crippen LogP contribution in [0.3, 0.4) is 0 Å². The molecule has 0 unspecified atom stereocenters. The summed E-state index contributed by atoms with van der Waals surface area (Å²) in [6, 6.07) is 0.537. The Morgan fingerprint density at radius 2 is 2.27 bits per heavy atom. The summed E-state index contributed by atoms with van der Waals surface area (Å²) in [6.07, 6.45) is 1.24. The molecule has 3 aliphatic rings. The van der Waals surface area contributed by atoms with E-state index in [2.05, 4.69) is 5.32 Å². The maximum absolute atomic E-state index is 11.5. The smallest absolute Gasteiger partial charge is 0.140 e. The van der Waals surface area contributed by atoms with Crippen molar-refractivity contribution in [1.29, 1.82) is 0 Å². The molecule has 1 saturated carbocycles. The number of nitrogens with one attached hydrogen (secondary N) is 1. The van der Waals surface area contributed by atoms with Crippen molar-refractivity contribution in [2.45, 2.75) is 26.3 Å². The number of ketones is 1. The Morgan fingerprint density at radius 3 is 2.64 bits per heavy atom. The van der Waals surface area contributed by atoms with Crippen LogP contribution in [0.25, 0.3) is 0 Å². The van der Waals surface area contributed by atoms with E-state index in [0.717, 1.165) is 6.54 Å². The van der Waals surface area contributed by atoms with E-state index in [0.29, 0.717) is 23.7 Å². The molecule has 2 bridgehead atoms. The van der Waals surface area contributed by atoms with Crippen molar-refractivity contribution in [2.75, 3.05) is 6.54 Å². The first-order valence-electron chi connectivity index (χ1n) is 4.47. The summed E-state index contributed by atoms with van der Waals surface area (Å²) < 4.78 is 0. The van der Waals surface area contributed by atoms with Gasteiger partial charge in [0.2, 0.25) is 0 Å². The SMILES string of the molecule is CC(C)C(=O)[C@@H]1[C@@H]2CN[C@H]1C2. The van der Waals surface area contributed by atoms with E-state index in [1.807, 2.05) is 13.8 Å². The molecule has 2 nitrogen and oxygen atoms in total. The van der Waals surface area contributed by atoms with Crippen LogP contribution in [0.1, 0.15) is 20.3 Å². The van der Waals surface area contributed by atoms with E-state index < -0.39 is 0 Å². The number of carbonyl (C=O) groups is 1. The van der Waals surface area contributed by atoms with E-state index in [9.17, 15) is 4.79 Å². The highest BCUT2D eigenvalue weighted by molar-refractivity contribution is 5.85. The second-order valence-corrected chi connectivity index (χ2v) is 4.09. The van der Waals surface area contributed by atoms with Crippen molar-refractivity contribution in [3.8, 4) is 0 Å². The topological polar surface area (TPSA) is 29.1 Å². The van der Waals surface area contributed by atoms with Crippen LogP contribution in [0, 0.1) is 17.8 Å². The molecule has 0 spiro atoms. The van der Waals surface area contributed by atoms with Gasteiger partial charge in [-0.15, -0.1) is 0 Å². The van der Waals surface area contributed by atoms with Crippen LogP contribution in [0.15, 0.2) is 0 Å². The molecule has 2 heteroatoms. The fourth-order valence-corrected chi connectivity index (χ4v) is 2.29. The summed E-state index contributed by atoms with van der Waals surface area (Å²) >= 11 is 0. The Balaban J connectivity index is 2.02. The average Bonchev–Trinajstić information content (AvgIpc) is 2.44. The van der Waals surface area contributed by atoms with E-state index >= 15 is 0 Å². The molecule has 1 N–H and O–H groups in total. The van der Waals surface area contributed by atoms with Gasteiger partial charge < -0.3 is 5.32 Å². The molecule has 62 valence electrons. The predicted octanol–water partition coefficient (Wildman–Crippen LogP) is 0.819. The Kier molecular flexibility index (Phi) is 1.53. The number of Topliss-reactive ketones (excluding diaryl/α,β-unsaturated/α-hetero) is 1. The maximum atomic E-state index is 11.5. The summed E-state index contributed by atoms with van der Waals surface area (Å²) in [5, 5.41) is 3.36. The molecule has 2 heterocycles. The third-order valence-electron chi connectivity index (χ3n) is 3.04. The Bertz CT molecular complexity index is 174. The molecule has 3 atom stereocenters. The van der Waals surface area contributed by atoms with Crippen LogP contribution in [0.5, 0.6) is 0 Å². The zero-order chi connectivity index (χ0) is 8.01. The van der Waals surface area contributed by atoms with Gasteiger partial charge in [-0.05, 0) is 18.9 Å². The molecule has 3 fully saturated rings. The minimum absolute atomic E-state index is 0.227. The monoisotopic (exact) mass is 153 g/mol. The zero-order valence-corrected chi connectivity index (χ0v) is 7.13. The summed E-state index contributed by atoms with van der Waals surface area (Å²) in [5.74, 6) is 1.74. The molecule has 11 heavy (non-hydrogen) atoms. The Labute approximate surface area is 67.4 Å². The maximum Gasteiger partial charge on any atom is 0.140 e. The van der Waals surface area contributed by atoms with Crippen LogP contribution in [0.4, 0.5) is 0 Å². The van der Waals surface area contributed by atoms with Gasteiger partial charge in [0, 0.05) is 17.9 Å². The zero-order valence-electron chi connectivity index (χ0n) is 7.13. The highest BCUT2D eigenvalue weighted by atomic mass is 16.1. The number of carbonyl (C=O) groups excluding carboxylic acids is 1. The predicted molar refractivity (Wildman–Crippen MR) is 43.2 cm³/mol. The van der Waals surface area contributed by atoms with Crippen LogP contribution >= 0.6 is 0 Å². The van der Waals surface area contributed by atoms with Gasteiger partial charge in [0.1, 0.15) is 5.78 Å². The van der Waals surface area contributed by atoms with Gasteiger partial charge in [-0.25, -0.2) is 0 Å². The number of rotatable bonds is 2. The molecule has 0 aromatic carbocycles. The van der Waals surface area contributed by atoms with Crippen molar-refractivity contribution in [2.24, 2.45) is 17.8 Å². The average molecular weight is 153 g/mol. The summed E-state index contributed by atoms with van der Waals surface area (Å²) in [5.41, 5.74) is 0. The summed E-state index contributed by atoms with van der Waals surface area (Å²) in [7, 11) is 0. The minimum Gasteiger partial charge on any atom is -0.313 e. The normalized spacial score (nSPS) is 40.8. The van der Waals surface area contributed by atoms with Crippen LogP contribution in [-0.2, 0) is 4.79 Å². The van der Waals surface area contributed by atoms with Gasteiger partial charge in [-0.1, -0.05) is 13.8 Å². The van der Waals surface area contributed by atoms with Crippen LogP contribution in [-0.4, -0.2) is 18.4 Å². The highest BCUT2D eigenvalue weighted by Crippen LogP contribution is 2.41. The van der Waals surface area contributed by atoms with E-state index in [1.54, 1.807) is 0 Å². The lowest BCUT2D eigenvalue weighted by atomic mass is 9.69. The van der Waals surface area contributed by atoms with Crippen LogP contribution < -0.4 is 5.32 Å². The van der Waals surface area contributed by atoms with Crippen molar-refractivity contribution in [1.82, 2.24) is 5.32 Å². The number of fused-ring (bicyclic) bond motifs is 1. The van der Waals surface area contributed by atoms with E-state index in [-0.39, 0.29) is 5.92 Å². The van der Waals surface area contributed by atoms with Crippen LogP contribution in [0.2, 0.25) is 0 Å². The first kappa shape index (κ1) is 7.29. The Hall–Kier alpha value is -0.370. The highest BCUT2D eigenvalue weighted by Gasteiger charge is 2.50. The third-order valence-corrected chi connectivity index (χ3v) is 3.04. The lowest BCUT2D eigenvalue weighted by Crippen LogP contribution is -2.43. The molecule has 1 aliphatic carbocycles. The minimum atomic E-state index is 0.227. The van der Waals surface area contributed by atoms with Crippen molar-refractivity contribution < 1.29 is 4.79 Å². The molecule has 0 radical (unpaired) electrons. The lowest BCUT2D eigenvalue weighted by molar-refractivity contribution is -0.130. The van der Waals surface area contributed by atoms with Crippen molar-refractivity contribution in [3.63, 3.8) is 0 Å². The number of hydrogen-bond donors (Lipinski definition) is 1. The molecule has 2 saturated heterocycles. The molecule has 3 rings (SSSR count). The van der Waals surface area contributed by atoms with Gasteiger partial charge in [0.15, 0.2) is 0 Å². The largest absolute Gasteiger partial charge is 0.313 e. The number of hydrogen-bond acceptors (Lipinski definition) is 2. The lowest BCUT2D eigenvalue weighted by Gasteiger charge is -2.34. The van der Waals surface area contributed by atoms with E-state index in [1.165, 1.54) is 6.42 Å². The van der Waals surface area contributed by atoms with Gasteiger partial charge in [0.05, 0.1) is 0 Å². The summed E-state index contributed by atoms with van der Waals surface area (Å²) in [4.78, 5) is 11.5. The quantitative estimate of drug-likeness (QED) is 0.636. The second-order valence-electron chi connectivity index (χ2n) is 4.09. The van der Waals surface area contributed by atoms with Gasteiger partial charge in [-0.3, -0.25) is 4.79 Å². The third kappa shape index (κ3) is 0.924. The first-order valence-corrected chi connectivity index (χ1v) is 4.47. The fourth-order valence-electron chi connectivity index (χ4n) is 2.29. The van der Waals surface area contributed by atoms with Crippen molar-refractivity contribution in [3.05, 3.63) is 0 Å². The standard InChI is InChI=1S/C9H15NO/c1-5(2)9(11)8-6-3-7(8)10-4-6/h5-8,10H,3-4H2,1-2H3/t6-,7-,8+/m0/s1. The van der Waals surface area contributed by atoms with Gasteiger partial charge in [0.25, 0.3) is 0 Å². The van der Waals surface area contributed by atoms with Gasteiger partial charge in [-0.2, -0.15) is 0 Å². The van der Waals surface area contributed by atoms with Gasteiger partial charge >= 0.3 is 0 Å². The molecule has 0 aromatic rings. The molecule has 0 amide bonds. The van der Waals surface area contributed by atoms with Crippen molar-refractivity contribution >= 4 is 5.78 Å². The molecular formula is C9H15NO. The van der Waals surface area contributed by atoms with E-state index in [4.69, 9.17) is 0 Å².